The molecule has 0 unspecified atom stereocenters. The van der Waals surface area contributed by atoms with E-state index >= 15 is 0 Å². The summed E-state index contributed by atoms with van der Waals surface area (Å²) in [7, 11) is 0. The van der Waals surface area contributed by atoms with Gasteiger partial charge < -0.3 is 72.7 Å². The Labute approximate surface area is 776 Å². The van der Waals surface area contributed by atoms with E-state index in [0.29, 0.717) is 88.6 Å². The summed E-state index contributed by atoms with van der Waals surface area (Å²) in [5, 5.41) is 49.7. The van der Waals surface area contributed by atoms with Crippen molar-refractivity contribution >= 4 is 150 Å². The second-order valence-electron chi connectivity index (χ2n) is 31.8. The number of amidine groups is 2. The van der Waals surface area contributed by atoms with Gasteiger partial charge in [-0.1, -0.05) is 188 Å². The summed E-state index contributed by atoms with van der Waals surface area (Å²) in [6.07, 6.45) is 11.4. The molecule has 20 aromatic rings. The molecule has 0 fully saturated rings. The Bertz CT molecular complexity index is 7350. The van der Waals surface area contributed by atoms with Crippen molar-refractivity contribution in [3.05, 3.63) is 362 Å². The minimum absolute atomic E-state index is 0.210. The van der Waals surface area contributed by atoms with Crippen molar-refractivity contribution in [2.45, 2.75) is 89.4 Å². The number of nitrogens with two attached hydrogens (primary N) is 11. The average Bonchev–Trinajstić information content (AvgIpc) is 1.04. The summed E-state index contributed by atoms with van der Waals surface area (Å²) in [6.45, 7) is 23.0. The fraction of sp³-hybridized carbons (Fsp3) is 0.127. The zero-order valence-electron chi connectivity index (χ0n) is 76.3. The van der Waals surface area contributed by atoms with E-state index in [1.54, 1.807) is 50.0 Å². The second-order valence-corrected chi connectivity index (χ2v) is 31.8. The number of hydrogen-bond donors (Lipinski definition) is 13. The number of fused-ring (bicyclic) bond motifs is 10. The molecule has 0 spiro atoms. The van der Waals surface area contributed by atoms with E-state index in [2.05, 4.69) is 128 Å². The number of nitrogen functional groups attached to an aromatic ring is 9. The highest BCUT2D eigenvalue weighted by molar-refractivity contribution is 6.01. The van der Waals surface area contributed by atoms with Gasteiger partial charge in [-0.25, -0.2) is 49.2 Å². The SMILES string of the molecule is Cc1cc2c(N)nccc2cc1F.Cc1ccc2c(N)nccc2c1.Cc1ccc2c(N)ncnc2c1.Cc1ccc2c(N)nnc(N)c2c1.Cc1ccc2c(c1)C(N)=NOC2.Cc1ccc2c(c1)CON=C2N.Cc1ccc2ccnc(N)c2c1.Cc1ccc2cnnc(N)c2c1.Cc1ccc2cnnc(N)c2c1.Cc1ccc2ncnc(N)c2c1.Cc1cccc(-c2n[nH]c(=O)[nH]2)c1. The van der Waals surface area contributed by atoms with Crippen LogP contribution in [0.4, 0.5) is 56.8 Å². The third kappa shape index (κ3) is 25.9. The van der Waals surface area contributed by atoms with Crippen LogP contribution >= 0.6 is 0 Å². The molecule has 0 saturated carbocycles. The molecule has 33 heteroatoms. The van der Waals surface area contributed by atoms with E-state index in [9.17, 15) is 9.18 Å². The molecule has 135 heavy (non-hydrogen) atoms. The predicted molar refractivity (Wildman–Crippen MR) is 543 cm³/mol. The van der Waals surface area contributed by atoms with Gasteiger partial charge in [0.2, 0.25) is 0 Å². The Balaban J connectivity index is 0.000000134. The maximum atomic E-state index is 13.1. The van der Waals surface area contributed by atoms with Crippen molar-refractivity contribution in [2.75, 3.05) is 51.6 Å². The summed E-state index contributed by atoms with van der Waals surface area (Å²) in [5.41, 5.74) is 81.3. The molecular weight excluding hydrogens is 1700 g/mol. The molecule has 11 aromatic carbocycles. The normalized spacial score (nSPS) is 11.2. The van der Waals surface area contributed by atoms with Gasteiger partial charge in [-0.2, -0.15) is 15.3 Å². The first-order valence-electron chi connectivity index (χ1n) is 42.3. The molecule has 682 valence electrons. The lowest BCUT2D eigenvalue weighted by Gasteiger charge is -2.13. The number of aryl methyl sites for hydroxylation is 11. The molecule has 0 aliphatic carbocycles. The molecule has 11 heterocycles. The van der Waals surface area contributed by atoms with Crippen LogP contribution in [0.15, 0.2) is 277 Å². The molecular formula is C102H104FN29O3. The summed E-state index contributed by atoms with van der Waals surface area (Å²) in [6, 6.07) is 70.9. The highest BCUT2D eigenvalue weighted by atomic mass is 19.1. The number of benzene rings is 11. The van der Waals surface area contributed by atoms with E-state index in [1.807, 2.05) is 232 Å². The van der Waals surface area contributed by atoms with Gasteiger partial charge in [0.1, 0.15) is 60.8 Å². The zero-order chi connectivity index (χ0) is 96.5. The number of aromatic amines is 2. The smallest absolute Gasteiger partial charge is 0.340 e. The number of aromatic nitrogens is 16. The van der Waals surface area contributed by atoms with Crippen LogP contribution in [0, 0.1) is 82.0 Å². The summed E-state index contributed by atoms with van der Waals surface area (Å²) in [4.78, 5) is 51.2. The Hall–Kier alpha value is -18.0. The third-order valence-corrected chi connectivity index (χ3v) is 20.9. The average molecular weight is 1800 g/mol. The number of anilines is 9. The van der Waals surface area contributed by atoms with Crippen molar-refractivity contribution in [2.24, 2.45) is 21.8 Å². The summed E-state index contributed by atoms with van der Waals surface area (Å²) in [5.74, 6) is 5.89. The van der Waals surface area contributed by atoms with Crippen LogP contribution in [0.1, 0.15) is 83.5 Å². The number of hydrogen-bond acceptors (Lipinski definition) is 30. The number of H-pyrrole nitrogens is 2. The molecule has 0 atom stereocenters. The maximum absolute atomic E-state index is 13.1. The maximum Gasteiger partial charge on any atom is 0.340 e. The minimum Gasteiger partial charge on any atom is -0.389 e. The highest BCUT2D eigenvalue weighted by Gasteiger charge is 2.15. The van der Waals surface area contributed by atoms with Crippen LogP contribution in [0.2, 0.25) is 0 Å². The Morgan fingerprint density at radius 1 is 0.311 bits per heavy atom. The molecule has 9 aromatic heterocycles. The first-order chi connectivity index (χ1) is 64.8. The van der Waals surface area contributed by atoms with Crippen molar-refractivity contribution < 1.29 is 14.1 Å². The van der Waals surface area contributed by atoms with E-state index in [-0.39, 0.29) is 11.5 Å². The van der Waals surface area contributed by atoms with Gasteiger partial charge in [0.25, 0.3) is 0 Å². The van der Waals surface area contributed by atoms with E-state index < -0.39 is 0 Å². The van der Waals surface area contributed by atoms with Crippen LogP contribution in [0.3, 0.4) is 0 Å². The van der Waals surface area contributed by atoms with Gasteiger partial charge in [0, 0.05) is 106 Å². The van der Waals surface area contributed by atoms with Gasteiger partial charge in [0.05, 0.1) is 23.4 Å². The molecule has 32 nitrogen and oxygen atoms in total. The monoisotopic (exact) mass is 1800 g/mol. The molecule has 22 rings (SSSR count). The molecule has 2 aliphatic heterocycles. The summed E-state index contributed by atoms with van der Waals surface area (Å²) < 4.78 is 13.1. The quantitative estimate of drug-likeness (QED) is 0.0726. The van der Waals surface area contributed by atoms with Crippen LogP contribution in [0.25, 0.3) is 97.8 Å². The summed E-state index contributed by atoms with van der Waals surface area (Å²) >= 11 is 0. The third-order valence-electron chi connectivity index (χ3n) is 20.9. The Morgan fingerprint density at radius 3 is 1.33 bits per heavy atom. The van der Waals surface area contributed by atoms with Gasteiger partial charge in [-0.15, -0.1) is 20.4 Å². The fourth-order valence-electron chi connectivity index (χ4n) is 13.8. The largest absolute Gasteiger partial charge is 0.389 e. The van der Waals surface area contributed by atoms with E-state index in [0.717, 1.165) is 125 Å². The molecule has 0 saturated heterocycles. The molecule has 0 amide bonds. The number of halogens is 1. The van der Waals surface area contributed by atoms with Crippen molar-refractivity contribution in [3.8, 4) is 11.4 Å². The number of rotatable bonds is 1. The second kappa shape index (κ2) is 44.8. The lowest BCUT2D eigenvalue weighted by Crippen LogP contribution is -2.20. The van der Waals surface area contributed by atoms with Gasteiger partial charge in [-0.05, 0) is 194 Å². The zero-order valence-corrected chi connectivity index (χ0v) is 76.3. The lowest BCUT2D eigenvalue weighted by molar-refractivity contribution is 0.125. The molecule has 0 radical (unpaired) electrons. The van der Waals surface area contributed by atoms with Gasteiger partial charge >= 0.3 is 5.69 Å². The number of oxime groups is 2. The molecule has 2 aliphatic rings. The van der Waals surface area contributed by atoms with E-state index in [1.165, 1.54) is 63.2 Å². The molecule has 0 bridgehead atoms. The number of nitrogens with zero attached hydrogens (tertiary/aromatic N) is 16. The van der Waals surface area contributed by atoms with Crippen LogP contribution < -0.4 is 68.8 Å². The van der Waals surface area contributed by atoms with Crippen LogP contribution in [-0.4, -0.2) is 92.3 Å². The van der Waals surface area contributed by atoms with Crippen LogP contribution in [-0.2, 0) is 22.9 Å². The van der Waals surface area contributed by atoms with Crippen molar-refractivity contribution in [1.82, 2.24) is 80.7 Å². The van der Waals surface area contributed by atoms with Gasteiger partial charge in [-0.3, -0.25) is 4.98 Å². The highest BCUT2D eigenvalue weighted by Crippen LogP contribution is 2.29. The lowest BCUT2D eigenvalue weighted by atomic mass is 10.0. The van der Waals surface area contributed by atoms with E-state index in [4.69, 9.17) is 72.7 Å². The van der Waals surface area contributed by atoms with Gasteiger partial charge in [0.15, 0.2) is 40.8 Å². The minimum atomic E-state index is -0.281. The topological polar surface area (TPSA) is 559 Å². The van der Waals surface area contributed by atoms with Crippen molar-refractivity contribution in [3.63, 3.8) is 0 Å². The van der Waals surface area contributed by atoms with Crippen LogP contribution in [0.5, 0.6) is 0 Å². The Kier molecular flexibility index (Phi) is 31.9. The standard InChI is InChI=1S/C10H9FN2.2C10H10N2.C9H10N4.C9H9N3O.4C9H9N3.2C9H10N2O/c1-6-4-8-7(5-9(6)11)2-3-13-10(8)12;1-7-2-3-9-8(6-7)4-5-12-10(9)11;1-7-2-3-8-4-5-12-10(11)9(8)6-7;1-5-2-3-6-7(4-5)9(11)13-12-8(6)10;1-6-3-2-4-7(5-6)8-10-9(13)12-11-8;1-6-2-3-8-7(4-6)9(10)12-5-11-8;1-6-2-3-7-8(4-6)11-5-12-9(7)10;2*1-6-2-3-7-5-11-12-9(10)8(7)4-6;1-6-2-3-8-7(4-6)5-12-11-9(8)10;1-6-2-3-7-5-12-11-9(10)8(7)4-6/h2-5H,1H3,(H2,12,13);2*2-6H,1H3,(H2,11,12);2-4H,1H3,(H2,10,12)(H2,11,13);2-5H,1H3,(H2,10,11,12,13);2*2-5H,1H3,(H2,10,11,12);2*2-5H,1H3,(H2,10,12);2*2-4H,5H2,1H3,(H2,10,11). The fourth-order valence-corrected chi connectivity index (χ4v) is 13.8. The first-order valence-corrected chi connectivity index (χ1v) is 42.3. The number of nitrogens with one attached hydrogen (secondary N) is 2. The Morgan fingerprint density at radius 2 is 0.733 bits per heavy atom. The predicted octanol–water partition coefficient (Wildman–Crippen LogP) is 17.1. The first kappa shape index (κ1) is 96.1. The molecule has 24 N–H and O–H groups in total. The van der Waals surface area contributed by atoms with Crippen molar-refractivity contribution in [1.29, 1.82) is 0 Å². The number of pyridine rings is 3.